The Morgan fingerprint density at radius 3 is 2.61 bits per heavy atom. The van der Waals surface area contributed by atoms with Crippen LogP contribution < -0.4 is 5.32 Å². The van der Waals surface area contributed by atoms with E-state index in [-0.39, 0.29) is 11.6 Å². The van der Waals surface area contributed by atoms with Crippen molar-refractivity contribution < 1.29 is 9.72 Å². The van der Waals surface area contributed by atoms with Gasteiger partial charge in [0.2, 0.25) is 5.91 Å². The van der Waals surface area contributed by atoms with Crippen molar-refractivity contribution in [2.75, 3.05) is 5.32 Å². The highest BCUT2D eigenvalue weighted by Gasteiger charge is 2.47. The highest BCUT2D eigenvalue weighted by Crippen LogP contribution is 2.48. The lowest BCUT2D eigenvalue weighted by Gasteiger charge is -2.31. The Morgan fingerprint density at radius 1 is 1.22 bits per heavy atom. The number of fused-ring (bicyclic) bond motifs is 2. The molecule has 1 fully saturated rings. The minimum absolute atomic E-state index is 0.0118. The van der Waals surface area contributed by atoms with Crippen LogP contribution in [0.2, 0.25) is 0 Å². The highest BCUT2D eigenvalue weighted by molar-refractivity contribution is 6.06. The van der Waals surface area contributed by atoms with Crippen molar-refractivity contribution >= 4 is 17.3 Å². The van der Waals surface area contributed by atoms with E-state index in [9.17, 15) is 14.9 Å². The molecule has 1 aromatic rings. The Hall–Kier alpha value is -1.91. The zero-order chi connectivity index (χ0) is 12.8. The molecule has 1 aromatic carbocycles. The van der Waals surface area contributed by atoms with Gasteiger partial charge in [-0.2, -0.15) is 0 Å². The number of hydrogen-bond donors (Lipinski definition) is 1. The molecule has 0 bridgehead atoms. The fraction of sp³-hybridized carbons (Fsp3) is 0.462. The number of nitrogens with one attached hydrogen (secondary N) is 1. The number of anilines is 1. The molecular formula is C13H14N2O3. The van der Waals surface area contributed by atoms with E-state index in [4.69, 9.17) is 0 Å². The molecule has 1 spiro atoms. The van der Waals surface area contributed by atoms with Crippen molar-refractivity contribution in [3.63, 3.8) is 0 Å². The van der Waals surface area contributed by atoms with Crippen molar-refractivity contribution in [1.29, 1.82) is 0 Å². The lowest BCUT2D eigenvalue weighted by molar-refractivity contribution is -0.384. The summed E-state index contributed by atoms with van der Waals surface area (Å²) >= 11 is 0. The smallest absolute Gasteiger partial charge is 0.269 e. The number of amides is 1. The van der Waals surface area contributed by atoms with E-state index in [0.29, 0.717) is 0 Å². The monoisotopic (exact) mass is 246 g/mol. The van der Waals surface area contributed by atoms with Gasteiger partial charge in [-0.25, -0.2) is 0 Å². The fourth-order valence-electron chi connectivity index (χ4n) is 3.17. The second-order valence-electron chi connectivity index (χ2n) is 5.08. The maximum atomic E-state index is 12.2. The van der Waals surface area contributed by atoms with E-state index in [1.807, 2.05) is 0 Å². The van der Waals surface area contributed by atoms with Crippen LogP contribution in [0.15, 0.2) is 18.2 Å². The van der Waals surface area contributed by atoms with Crippen LogP contribution in [0.25, 0.3) is 0 Å². The Balaban J connectivity index is 2.12. The van der Waals surface area contributed by atoms with E-state index in [0.717, 1.165) is 43.4 Å². The first-order valence-electron chi connectivity index (χ1n) is 6.24. The second kappa shape index (κ2) is 3.80. The van der Waals surface area contributed by atoms with Gasteiger partial charge in [0.25, 0.3) is 5.69 Å². The van der Waals surface area contributed by atoms with Crippen LogP contribution >= 0.6 is 0 Å². The van der Waals surface area contributed by atoms with E-state index >= 15 is 0 Å². The molecule has 1 amide bonds. The molecule has 0 radical (unpaired) electrons. The molecule has 0 aromatic heterocycles. The molecule has 5 heteroatoms. The number of carbonyl (C=O) groups is 1. The van der Waals surface area contributed by atoms with E-state index in [1.54, 1.807) is 12.1 Å². The minimum atomic E-state index is -0.514. The van der Waals surface area contributed by atoms with Crippen LogP contribution in [0, 0.1) is 10.1 Å². The van der Waals surface area contributed by atoms with Crippen LogP contribution in [0.4, 0.5) is 11.4 Å². The normalized spacial score (nSPS) is 20.6. The molecular weight excluding hydrogens is 232 g/mol. The van der Waals surface area contributed by atoms with Crippen molar-refractivity contribution in [3.05, 3.63) is 33.9 Å². The van der Waals surface area contributed by atoms with E-state index < -0.39 is 10.3 Å². The van der Waals surface area contributed by atoms with Gasteiger partial charge in [0.05, 0.1) is 10.3 Å². The van der Waals surface area contributed by atoms with Gasteiger partial charge in [0, 0.05) is 17.8 Å². The Labute approximate surface area is 104 Å². The molecule has 1 heterocycles. The van der Waals surface area contributed by atoms with Crippen molar-refractivity contribution in [2.24, 2.45) is 0 Å². The molecule has 1 N–H and O–H groups in total. The summed E-state index contributed by atoms with van der Waals surface area (Å²) in [5.74, 6) is 0.0118. The van der Waals surface area contributed by atoms with Crippen molar-refractivity contribution in [3.8, 4) is 0 Å². The first-order chi connectivity index (χ1) is 8.63. The minimum Gasteiger partial charge on any atom is -0.325 e. The summed E-state index contributed by atoms with van der Waals surface area (Å²) in [5.41, 5.74) is 1.11. The van der Waals surface area contributed by atoms with Gasteiger partial charge < -0.3 is 5.32 Å². The average Bonchev–Trinajstić information content (AvgIpc) is 2.63. The van der Waals surface area contributed by atoms with Crippen LogP contribution in [0.3, 0.4) is 0 Å². The number of non-ortho nitro benzene ring substituents is 1. The van der Waals surface area contributed by atoms with Crippen LogP contribution in [0.1, 0.15) is 37.7 Å². The first kappa shape index (κ1) is 11.2. The Bertz CT molecular complexity index is 533. The summed E-state index contributed by atoms with van der Waals surface area (Å²) in [6.07, 6.45) is 4.75. The van der Waals surface area contributed by atoms with Gasteiger partial charge in [-0.1, -0.05) is 19.3 Å². The van der Waals surface area contributed by atoms with Crippen LogP contribution in [0.5, 0.6) is 0 Å². The molecule has 18 heavy (non-hydrogen) atoms. The number of carbonyl (C=O) groups excluding carboxylic acids is 1. The molecule has 5 nitrogen and oxygen atoms in total. The molecule has 1 aliphatic carbocycles. The molecule has 0 unspecified atom stereocenters. The van der Waals surface area contributed by atoms with Gasteiger partial charge in [0.15, 0.2) is 0 Å². The standard InChI is InChI=1S/C13H14N2O3/c16-12-13(6-2-1-3-7-13)10-8-9(15(17)18)4-5-11(10)14-12/h4-5,8H,1-3,6-7H2,(H,14,16). The molecule has 94 valence electrons. The largest absolute Gasteiger partial charge is 0.325 e. The molecule has 0 saturated heterocycles. The summed E-state index contributed by atoms with van der Waals surface area (Å²) in [5, 5.41) is 13.7. The van der Waals surface area contributed by atoms with Crippen LogP contribution in [-0.4, -0.2) is 10.8 Å². The molecule has 3 rings (SSSR count). The van der Waals surface area contributed by atoms with Gasteiger partial charge in [-0.3, -0.25) is 14.9 Å². The number of rotatable bonds is 1. The zero-order valence-corrected chi connectivity index (χ0v) is 9.94. The average molecular weight is 246 g/mol. The lowest BCUT2D eigenvalue weighted by atomic mass is 9.70. The van der Waals surface area contributed by atoms with E-state index in [2.05, 4.69) is 5.32 Å². The molecule has 2 aliphatic rings. The number of benzene rings is 1. The summed E-state index contributed by atoms with van der Waals surface area (Å²) in [6, 6.07) is 4.66. The third-order valence-electron chi connectivity index (χ3n) is 4.12. The zero-order valence-electron chi connectivity index (χ0n) is 9.94. The fourth-order valence-corrected chi connectivity index (χ4v) is 3.17. The van der Waals surface area contributed by atoms with Crippen LogP contribution in [-0.2, 0) is 10.2 Å². The third kappa shape index (κ3) is 1.43. The predicted octanol–water partition coefficient (Wildman–Crippen LogP) is 2.75. The Morgan fingerprint density at radius 2 is 1.94 bits per heavy atom. The number of nitro benzene ring substituents is 1. The van der Waals surface area contributed by atoms with E-state index in [1.165, 1.54) is 6.07 Å². The van der Waals surface area contributed by atoms with Gasteiger partial charge in [-0.05, 0) is 24.5 Å². The first-order valence-corrected chi connectivity index (χ1v) is 6.24. The van der Waals surface area contributed by atoms with Crippen molar-refractivity contribution in [1.82, 2.24) is 0 Å². The third-order valence-corrected chi connectivity index (χ3v) is 4.12. The molecule has 0 atom stereocenters. The summed E-state index contributed by atoms with van der Waals surface area (Å²) < 4.78 is 0. The number of hydrogen-bond acceptors (Lipinski definition) is 3. The summed E-state index contributed by atoms with van der Waals surface area (Å²) in [6.45, 7) is 0. The van der Waals surface area contributed by atoms with Gasteiger partial charge in [0.1, 0.15) is 0 Å². The van der Waals surface area contributed by atoms with Gasteiger partial charge >= 0.3 is 0 Å². The lowest BCUT2D eigenvalue weighted by Crippen LogP contribution is -2.36. The predicted molar refractivity (Wildman–Crippen MR) is 66.5 cm³/mol. The highest BCUT2D eigenvalue weighted by atomic mass is 16.6. The second-order valence-corrected chi connectivity index (χ2v) is 5.08. The number of nitro groups is 1. The Kier molecular flexibility index (Phi) is 2.36. The van der Waals surface area contributed by atoms with Gasteiger partial charge in [-0.15, -0.1) is 0 Å². The summed E-state index contributed by atoms with van der Waals surface area (Å²) in [7, 11) is 0. The molecule has 1 saturated carbocycles. The topological polar surface area (TPSA) is 72.2 Å². The SMILES string of the molecule is O=C1Nc2ccc([N+](=O)[O-])cc2C12CCCCC2. The van der Waals surface area contributed by atoms with Crippen molar-refractivity contribution in [2.45, 2.75) is 37.5 Å². The summed E-state index contributed by atoms with van der Waals surface area (Å²) in [4.78, 5) is 22.7. The number of nitrogens with zero attached hydrogens (tertiary/aromatic N) is 1. The quantitative estimate of drug-likeness (QED) is 0.611. The molecule has 1 aliphatic heterocycles. The maximum absolute atomic E-state index is 12.2. The maximum Gasteiger partial charge on any atom is 0.269 e.